The summed E-state index contributed by atoms with van der Waals surface area (Å²) in [5, 5.41) is 29.6. The number of hydrogen-bond acceptors (Lipinski definition) is 11. The van der Waals surface area contributed by atoms with E-state index in [1.54, 1.807) is 12.1 Å². The smallest absolute Gasteiger partial charge is 0.354 e. The lowest BCUT2D eigenvalue weighted by molar-refractivity contribution is 0.0124. The number of thioether (sulfide) groups is 1. The number of aromatic carboxylic acids is 2. The Labute approximate surface area is 243 Å². The van der Waals surface area contributed by atoms with E-state index in [-0.39, 0.29) is 17.3 Å². The molecular weight excluding hydrogens is 552 g/mol. The third kappa shape index (κ3) is 12.5. The fourth-order valence-electron chi connectivity index (χ4n) is 4.25. The molecule has 13 heteroatoms. The Morgan fingerprint density at radius 1 is 0.854 bits per heavy atom. The first-order valence-corrected chi connectivity index (χ1v) is 14.3. The van der Waals surface area contributed by atoms with E-state index in [4.69, 9.17) is 24.2 Å². The van der Waals surface area contributed by atoms with E-state index >= 15 is 0 Å². The molecule has 0 amide bonds. The van der Waals surface area contributed by atoms with Crippen molar-refractivity contribution >= 4 is 23.7 Å². The Balaban J connectivity index is 1.52. The van der Waals surface area contributed by atoms with E-state index < -0.39 is 11.9 Å². The zero-order chi connectivity index (χ0) is 29.3. The molecule has 0 saturated carbocycles. The zero-order valence-corrected chi connectivity index (χ0v) is 23.7. The quantitative estimate of drug-likeness (QED) is 0.359. The standard InChI is InChI=1S/C28H36N4O8S/c29-20-41-24-17-23(31-26(18-24)28(35)36)19-32-6-10-39-14-12-37-8-4-21(5-9-38-13-15-40-11-7-32)16-22-2-1-3-25(30-22)27(33)34/h1-3,17-18,21H,4-16,19H2,(H,33,34)(H,35,36). The highest BCUT2D eigenvalue weighted by atomic mass is 32.2. The largest absolute Gasteiger partial charge is 0.477 e. The number of aromatic nitrogens is 2. The van der Waals surface area contributed by atoms with E-state index in [0.717, 1.165) is 30.3 Å². The number of rotatable bonds is 7. The lowest BCUT2D eigenvalue weighted by atomic mass is 9.96. The van der Waals surface area contributed by atoms with Gasteiger partial charge in [0.1, 0.15) is 16.8 Å². The summed E-state index contributed by atoms with van der Waals surface area (Å²) in [6.07, 6.45) is 2.19. The minimum Gasteiger partial charge on any atom is -0.477 e. The van der Waals surface area contributed by atoms with Gasteiger partial charge < -0.3 is 29.2 Å². The molecule has 0 atom stereocenters. The van der Waals surface area contributed by atoms with Crippen LogP contribution in [0.5, 0.6) is 0 Å². The van der Waals surface area contributed by atoms with Crippen molar-refractivity contribution in [3.8, 4) is 5.40 Å². The van der Waals surface area contributed by atoms with Crippen LogP contribution in [0.25, 0.3) is 0 Å². The molecule has 0 aromatic carbocycles. The van der Waals surface area contributed by atoms with Crippen LogP contribution in [0, 0.1) is 16.6 Å². The summed E-state index contributed by atoms with van der Waals surface area (Å²) >= 11 is 0.897. The minimum absolute atomic E-state index is 0.0378. The second-order valence-corrected chi connectivity index (χ2v) is 10.2. The fraction of sp³-hybridized carbons (Fsp3) is 0.536. The number of carboxylic acids is 2. The second kappa shape index (κ2) is 18.3. The number of carbonyl (C=O) groups is 2. The van der Waals surface area contributed by atoms with E-state index in [9.17, 15) is 19.8 Å². The van der Waals surface area contributed by atoms with Crippen LogP contribution in [-0.4, -0.2) is 103 Å². The van der Waals surface area contributed by atoms with Gasteiger partial charge in [-0.25, -0.2) is 19.6 Å². The summed E-state index contributed by atoms with van der Waals surface area (Å²) < 4.78 is 23.1. The monoisotopic (exact) mass is 588 g/mol. The Hall–Kier alpha value is -3.12. The summed E-state index contributed by atoms with van der Waals surface area (Å²) in [5.74, 6) is -1.96. The number of nitrogens with zero attached hydrogens (tertiary/aromatic N) is 4. The maximum Gasteiger partial charge on any atom is 0.354 e. The molecule has 2 N–H and O–H groups in total. The van der Waals surface area contributed by atoms with E-state index in [1.165, 1.54) is 12.1 Å². The summed E-state index contributed by atoms with van der Waals surface area (Å²) in [7, 11) is 0. The third-order valence-electron chi connectivity index (χ3n) is 6.33. The maximum atomic E-state index is 11.5. The van der Waals surface area contributed by atoms with Crippen molar-refractivity contribution in [3.05, 3.63) is 53.1 Å². The topological polar surface area (TPSA) is 164 Å². The van der Waals surface area contributed by atoms with Crippen molar-refractivity contribution in [1.29, 1.82) is 5.26 Å². The van der Waals surface area contributed by atoms with E-state index in [0.29, 0.717) is 89.5 Å². The van der Waals surface area contributed by atoms with Gasteiger partial charge in [0.15, 0.2) is 0 Å². The van der Waals surface area contributed by atoms with Crippen LogP contribution >= 0.6 is 11.8 Å². The molecule has 0 aliphatic carbocycles. The van der Waals surface area contributed by atoms with E-state index in [1.807, 2.05) is 11.5 Å². The molecule has 12 nitrogen and oxygen atoms in total. The van der Waals surface area contributed by atoms with Gasteiger partial charge >= 0.3 is 11.9 Å². The Morgan fingerprint density at radius 2 is 1.44 bits per heavy atom. The van der Waals surface area contributed by atoms with Crippen LogP contribution in [0.3, 0.4) is 0 Å². The molecule has 1 saturated heterocycles. The molecule has 0 radical (unpaired) electrons. The van der Waals surface area contributed by atoms with Crippen molar-refractivity contribution < 1.29 is 38.7 Å². The highest BCUT2D eigenvalue weighted by molar-refractivity contribution is 8.03. The summed E-state index contributed by atoms with van der Waals surface area (Å²) in [5.41, 5.74) is 1.22. The highest BCUT2D eigenvalue weighted by Crippen LogP contribution is 2.20. The highest BCUT2D eigenvalue weighted by Gasteiger charge is 2.15. The van der Waals surface area contributed by atoms with Gasteiger partial charge in [-0.05, 0) is 61.2 Å². The third-order valence-corrected chi connectivity index (χ3v) is 6.90. The van der Waals surface area contributed by atoms with Crippen LogP contribution in [0.2, 0.25) is 0 Å². The van der Waals surface area contributed by atoms with Gasteiger partial charge in [-0.2, -0.15) is 5.26 Å². The van der Waals surface area contributed by atoms with Crippen LogP contribution in [-0.2, 0) is 31.9 Å². The van der Waals surface area contributed by atoms with Crippen molar-refractivity contribution in [3.63, 3.8) is 0 Å². The van der Waals surface area contributed by atoms with Gasteiger partial charge in [-0.15, -0.1) is 0 Å². The lowest BCUT2D eigenvalue weighted by Crippen LogP contribution is -2.32. The van der Waals surface area contributed by atoms with Gasteiger partial charge in [0.05, 0.1) is 45.3 Å². The molecule has 222 valence electrons. The van der Waals surface area contributed by atoms with Crippen molar-refractivity contribution in [2.75, 3.05) is 65.9 Å². The van der Waals surface area contributed by atoms with Gasteiger partial charge in [0, 0.05) is 43.4 Å². The van der Waals surface area contributed by atoms with Crippen LogP contribution in [0.15, 0.2) is 35.2 Å². The SMILES string of the molecule is N#CSc1cc(CN2CCOCCOCCC(Cc3cccc(C(=O)O)n3)CCOCCOCC2)nc(C(=O)O)c1. The number of carboxylic acid groups (broad SMARTS) is 2. The van der Waals surface area contributed by atoms with Crippen LogP contribution in [0.4, 0.5) is 0 Å². The molecule has 41 heavy (non-hydrogen) atoms. The fourth-order valence-corrected chi connectivity index (χ4v) is 4.72. The first-order valence-electron chi connectivity index (χ1n) is 13.5. The number of thiocyanates is 1. The summed E-state index contributed by atoms with van der Waals surface area (Å²) in [6.45, 7) is 5.23. The van der Waals surface area contributed by atoms with Crippen molar-refractivity contribution in [2.24, 2.45) is 5.92 Å². The number of hydrogen-bond donors (Lipinski definition) is 2. The Bertz CT molecular complexity index is 1140. The average Bonchev–Trinajstić information content (AvgIpc) is 2.95. The normalized spacial score (nSPS) is 17.6. The predicted octanol–water partition coefficient (Wildman–Crippen LogP) is 2.97. The Kier molecular flexibility index (Phi) is 14.5. The number of ether oxygens (including phenoxy) is 4. The van der Waals surface area contributed by atoms with Gasteiger partial charge in [0.25, 0.3) is 0 Å². The predicted molar refractivity (Wildman–Crippen MR) is 149 cm³/mol. The van der Waals surface area contributed by atoms with Crippen molar-refractivity contribution in [1.82, 2.24) is 14.9 Å². The Morgan fingerprint density at radius 3 is 2.02 bits per heavy atom. The molecule has 0 bridgehead atoms. The van der Waals surface area contributed by atoms with Gasteiger partial charge in [-0.1, -0.05) is 6.07 Å². The van der Waals surface area contributed by atoms with Crippen LogP contribution in [0.1, 0.15) is 45.2 Å². The molecule has 0 unspecified atom stereocenters. The number of nitriles is 1. The maximum absolute atomic E-state index is 11.5. The van der Waals surface area contributed by atoms with Crippen molar-refractivity contribution in [2.45, 2.75) is 30.7 Å². The molecule has 0 spiro atoms. The van der Waals surface area contributed by atoms with Gasteiger partial charge in [0.2, 0.25) is 0 Å². The molecule has 1 fully saturated rings. The minimum atomic E-state index is -1.15. The number of pyridine rings is 2. The molecule has 1 aliphatic heterocycles. The second-order valence-electron chi connectivity index (χ2n) is 9.37. The van der Waals surface area contributed by atoms with E-state index in [2.05, 4.69) is 14.9 Å². The zero-order valence-electron chi connectivity index (χ0n) is 22.9. The summed E-state index contributed by atoms with van der Waals surface area (Å²) in [4.78, 5) is 33.9. The average molecular weight is 589 g/mol. The molecule has 2 aromatic heterocycles. The molecule has 3 rings (SSSR count). The van der Waals surface area contributed by atoms with Crippen LogP contribution < -0.4 is 0 Å². The first kappa shape index (κ1) is 32.4. The van der Waals surface area contributed by atoms with Gasteiger partial charge in [-0.3, -0.25) is 4.90 Å². The molecular formula is C28H36N4O8S. The summed E-state index contributed by atoms with van der Waals surface area (Å²) in [6, 6.07) is 8.15. The lowest BCUT2D eigenvalue weighted by Gasteiger charge is -2.22. The first-order chi connectivity index (χ1) is 19.9. The molecule has 3 heterocycles. The molecule has 1 aliphatic rings. The molecule has 2 aromatic rings.